The quantitative estimate of drug-likeness (QED) is 0.587. The molecule has 0 unspecified atom stereocenters. The van der Waals surface area contributed by atoms with E-state index in [0.717, 1.165) is 23.9 Å². The molecule has 1 aromatic heterocycles. The van der Waals surface area contributed by atoms with Crippen molar-refractivity contribution in [1.82, 2.24) is 10.2 Å². The maximum atomic E-state index is 12.8. The van der Waals surface area contributed by atoms with Crippen LogP contribution in [0.1, 0.15) is 23.1 Å². The maximum absolute atomic E-state index is 12.8. The van der Waals surface area contributed by atoms with Crippen LogP contribution in [0.5, 0.6) is 11.5 Å². The fourth-order valence-corrected chi connectivity index (χ4v) is 3.25. The minimum Gasteiger partial charge on any atom is -0.485 e. The van der Waals surface area contributed by atoms with E-state index >= 15 is 0 Å². The number of aromatic nitrogens is 2. The first-order chi connectivity index (χ1) is 13.0. The minimum atomic E-state index is -4.37. The second kappa shape index (κ2) is 7.15. The number of nitrogens with zero attached hydrogens (tertiary/aromatic N) is 2. The van der Waals surface area contributed by atoms with Gasteiger partial charge in [-0.05, 0) is 23.8 Å². The van der Waals surface area contributed by atoms with E-state index < -0.39 is 17.8 Å². The molecule has 0 saturated heterocycles. The van der Waals surface area contributed by atoms with Gasteiger partial charge in [0.2, 0.25) is 6.10 Å². The van der Waals surface area contributed by atoms with Gasteiger partial charge in [0.15, 0.2) is 11.5 Å². The van der Waals surface area contributed by atoms with Gasteiger partial charge in [-0.3, -0.25) is 0 Å². The fraction of sp³-hybridized carbons (Fsp3) is 0.222. The van der Waals surface area contributed by atoms with E-state index in [1.54, 1.807) is 18.2 Å². The molecule has 0 radical (unpaired) electrons. The molecule has 1 aliphatic heterocycles. The monoisotopic (exact) mass is 394 g/mol. The second-order valence-corrected chi connectivity index (χ2v) is 6.68. The SMILES string of the molecule is FC(F)(F)c1cccc(CSc2nnc([C@H]3COc4ccccc4O3)o2)c1. The van der Waals surface area contributed by atoms with E-state index in [-0.39, 0.29) is 23.5 Å². The largest absolute Gasteiger partial charge is 0.485 e. The zero-order valence-corrected chi connectivity index (χ0v) is 14.6. The predicted molar refractivity (Wildman–Crippen MR) is 90.6 cm³/mol. The summed E-state index contributed by atoms with van der Waals surface area (Å²) in [7, 11) is 0. The van der Waals surface area contributed by atoms with Gasteiger partial charge in [-0.1, -0.05) is 42.1 Å². The molecule has 1 atom stereocenters. The molecule has 2 aromatic carbocycles. The lowest BCUT2D eigenvalue weighted by atomic mass is 10.1. The number of hydrogen-bond donors (Lipinski definition) is 0. The first-order valence-corrected chi connectivity index (χ1v) is 8.98. The maximum Gasteiger partial charge on any atom is 0.416 e. The Labute approximate surface area is 156 Å². The van der Waals surface area contributed by atoms with Crippen LogP contribution >= 0.6 is 11.8 Å². The molecule has 3 aromatic rings. The highest BCUT2D eigenvalue weighted by molar-refractivity contribution is 7.98. The minimum absolute atomic E-state index is 0.233. The van der Waals surface area contributed by atoms with Gasteiger partial charge in [-0.15, -0.1) is 10.2 Å². The molecular formula is C18H13F3N2O3S. The Kier molecular flexibility index (Phi) is 4.69. The molecule has 9 heteroatoms. The van der Waals surface area contributed by atoms with Crippen LogP contribution in [0.3, 0.4) is 0 Å². The summed E-state index contributed by atoms with van der Waals surface area (Å²) in [5.74, 6) is 1.77. The third kappa shape index (κ3) is 4.02. The molecule has 0 spiro atoms. The van der Waals surface area contributed by atoms with Gasteiger partial charge in [0.25, 0.3) is 11.1 Å². The number of benzene rings is 2. The second-order valence-electron chi connectivity index (χ2n) is 5.76. The van der Waals surface area contributed by atoms with Crippen LogP contribution in [0.2, 0.25) is 0 Å². The van der Waals surface area contributed by atoms with Crippen molar-refractivity contribution < 1.29 is 27.1 Å². The van der Waals surface area contributed by atoms with Crippen molar-refractivity contribution in [1.29, 1.82) is 0 Å². The Morgan fingerprint density at radius 3 is 2.67 bits per heavy atom. The Hall–Kier alpha value is -2.68. The number of ether oxygens (including phenoxy) is 2. The molecule has 2 heterocycles. The van der Waals surface area contributed by atoms with Crippen LogP contribution < -0.4 is 9.47 Å². The smallest absolute Gasteiger partial charge is 0.416 e. The Balaban J connectivity index is 1.41. The van der Waals surface area contributed by atoms with Gasteiger partial charge in [-0.25, -0.2) is 0 Å². The van der Waals surface area contributed by atoms with E-state index in [4.69, 9.17) is 13.9 Å². The number of hydrogen-bond acceptors (Lipinski definition) is 6. The number of rotatable bonds is 4. The molecule has 0 saturated carbocycles. The molecule has 0 bridgehead atoms. The van der Waals surface area contributed by atoms with Crippen LogP contribution in [0.25, 0.3) is 0 Å². The van der Waals surface area contributed by atoms with Gasteiger partial charge in [-0.2, -0.15) is 13.2 Å². The lowest BCUT2D eigenvalue weighted by Crippen LogP contribution is -2.21. The zero-order valence-electron chi connectivity index (χ0n) is 13.8. The Morgan fingerprint density at radius 1 is 1.04 bits per heavy atom. The van der Waals surface area contributed by atoms with Gasteiger partial charge in [0, 0.05) is 5.75 Å². The van der Waals surface area contributed by atoms with Gasteiger partial charge in [0.1, 0.15) is 6.61 Å². The molecule has 0 N–H and O–H groups in total. The van der Waals surface area contributed by atoms with Crippen LogP contribution in [-0.4, -0.2) is 16.8 Å². The van der Waals surface area contributed by atoms with E-state index in [1.165, 1.54) is 6.07 Å². The summed E-state index contributed by atoms with van der Waals surface area (Å²) < 4.78 is 55.3. The summed E-state index contributed by atoms with van der Waals surface area (Å²) in [5.41, 5.74) is -0.168. The third-order valence-electron chi connectivity index (χ3n) is 3.82. The van der Waals surface area contributed by atoms with Crippen molar-refractivity contribution >= 4 is 11.8 Å². The molecule has 1 aliphatic rings. The molecule has 140 valence electrons. The molecular weight excluding hydrogens is 381 g/mol. The van der Waals surface area contributed by atoms with Crippen molar-refractivity contribution in [2.45, 2.75) is 23.3 Å². The molecule has 4 rings (SSSR count). The zero-order chi connectivity index (χ0) is 18.9. The highest BCUT2D eigenvalue weighted by atomic mass is 32.2. The number of alkyl halides is 3. The fourth-order valence-electron chi connectivity index (χ4n) is 2.53. The van der Waals surface area contributed by atoms with Crippen molar-refractivity contribution in [3.8, 4) is 11.5 Å². The van der Waals surface area contributed by atoms with Crippen LogP contribution in [0, 0.1) is 0 Å². The topological polar surface area (TPSA) is 57.4 Å². The molecule has 5 nitrogen and oxygen atoms in total. The van der Waals surface area contributed by atoms with Gasteiger partial charge in [0.05, 0.1) is 5.56 Å². The number of thioether (sulfide) groups is 1. The summed E-state index contributed by atoms with van der Waals surface area (Å²) in [5, 5.41) is 8.14. The van der Waals surface area contributed by atoms with Crippen LogP contribution in [0.15, 0.2) is 58.2 Å². The van der Waals surface area contributed by atoms with Crippen molar-refractivity contribution in [3.63, 3.8) is 0 Å². The summed E-state index contributed by atoms with van der Waals surface area (Å²) >= 11 is 1.16. The average molecular weight is 394 g/mol. The van der Waals surface area contributed by atoms with E-state index in [2.05, 4.69) is 10.2 Å². The van der Waals surface area contributed by atoms with E-state index in [9.17, 15) is 13.2 Å². The summed E-state index contributed by atoms with van der Waals surface area (Å²) in [6.07, 6.45) is -4.90. The first-order valence-electron chi connectivity index (χ1n) is 8.00. The molecule has 0 amide bonds. The van der Waals surface area contributed by atoms with Crippen molar-refractivity contribution in [3.05, 3.63) is 65.5 Å². The molecule has 0 fully saturated rings. The molecule has 27 heavy (non-hydrogen) atoms. The highest BCUT2D eigenvalue weighted by Gasteiger charge is 2.30. The standard InChI is InChI=1S/C18H13F3N2O3S/c19-18(20,21)12-5-3-4-11(8-12)10-27-17-23-22-16(26-17)15-9-24-13-6-1-2-7-14(13)25-15/h1-8,15H,9-10H2/t15-/m1/s1. The van der Waals surface area contributed by atoms with Crippen molar-refractivity contribution in [2.75, 3.05) is 6.61 Å². The Morgan fingerprint density at radius 2 is 1.85 bits per heavy atom. The van der Waals surface area contributed by atoms with Gasteiger partial charge < -0.3 is 13.9 Å². The lowest BCUT2D eigenvalue weighted by molar-refractivity contribution is -0.137. The number of para-hydroxylation sites is 2. The van der Waals surface area contributed by atoms with Gasteiger partial charge >= 0.3 is 6.18 Å². The molecule has 0 aliphatic carbocycles. The van der Waals surface area contributed by atoms with Crippen molar-refractivity contribution in [2.24, 2.45) is 0 Å². The summed E-state index contributed by atoms with van der Waals surface area (Å²) in [4.78, 5) is 0. The normalized spacial score (nSPS) is 16.3. The summed E-state index contributed by atoms with van der Waals surface area (Å²) in [6.45, 7) is 0.233. The average Bonchev–Trinajstić information content (AvgIpc) is 3.15. The number of fused-ring (bicyclic) bond motifs is 1. The highest BCUT2D eigenvalue weighted by Crippen LogP contribution is 2.36. The van der Waals surface area contributed by atoms with E-state index in [0.29, 0.717) is 17.1 Å². The number of halogens is 3. The lowest BCUT2D eigenvalue weighted by Gasteiger charge is -2.23. The van der Waals surface area contributed by atoms with Crippen LogP contribution in [0.4, 0.5) is 13.2 Å². The Bertz CT molecular complexity index is 945. The van der Waals surface area contributed by atoms with E-state index in [1.807, 2.05) is 12.1 Å². The third-order valence-corrected chi connectivity index (χ3v) is 4.71. The first kappa shape index (κ1) is 17.7. The summed E-state index contributed by atoms with van der Waals surface area (Å²) in [6, 6.07) is 12.4. The van der Waals surface area contributed by atoms with Crippen LogP contribution in [-0.2, 0) is 11.9 Å². The predicted octanol–water partition coefficient (Wildman–Crippen LogP) is 4.89.